The molecule has 21 heteroatoms. The summed E-state index contributed by atoms with van der Waals surface area (Å²) in [5.74, 6) is -1.80. The van der Waals surface area contributed by atoms with Crippen molar-refractivity contribution in [3.8, 4) is 11.5 Å². The van der Waals surface area contributed by atoms with Crippen molar-refractivity contribution in [3.05, 3.63) is 48.8 Å². The molecule has 39 heavy (non-hydrogen) atoms. The summed E-state index contributed by atoms with van der Waals surface area (Å²) in [5.41, 5.74) is -0.740. The Morgan fingerprint density at radius 2 is 0.795 bits per heavy atom. The van der Waals surface area contributed by atoms with Crippen LogP contribution in [0.1, 0.15) is 0 Å². The number of hydrogen-bond donors (Lipinski definition) is 6. The largest absolute Gasteiger partial charge is 0.504 e. The van der Waals surface area contributed by atoms with Crippen LogP contribution in [-0.2, 0) is 57.5 Å². The molecule has 0 bridgehead atoms. The summed E-state index contributed by atoms with van der Waals surface area (Å²) in [5, 5.41) is 19.1. The Bertz CT molecular complexity index is 1900. The van der Waals surface area contributed by atoms with Crippen molar-refractivity contribution in [2.45, 2.75) is 19.6 Å². The minimum absolute atomic E-state index is 0. The quantitative estimate of drug-likeness (QED) is 0.129. The molecule has 0 amide bonds. The summed E-state index contributed by atoms with van der Waals surface area (Å²) in [4.78, 5) is 3.60. The number of nitrogens with zero attached hydrogens (tertiary/aromatic N) is 2. The monoisotopic (exact) mass is 673 g/mol. The fourth-order valence-corrected chi connectivity index (χ4v) is 5.95. The van der Waals surface area contributed by atoms with Crippen LogP contribution in [-0.4, -0.2) is 72.1 Å². The van der Waals surface area contributed by atoms with E-state index in [2.05, 4.69) is 9.97 Å². The van der Waals surface area contributed by atoms with Gasteiger partial charge in [0.25, 0.3) is 40.5 Å². The molecule has 0 spiro atoms. The molecule has 1 radical (unpaired) electrons. The summed E-state index contributed by atoms with van der Waals surface area (Å²) in [6, 6.07) is 6.04. The van der Waals surface area contributed by atoms with Crippen molar-refractivity contribution in [3.63, 3.8) is 0 Å². The van der Waals surface area contributed by atoms with Gasteiger partial charge in [0, 0.05) is 40.2 Å². The zero-order valence-corrected chi connectivity index (χ0v) is 22.6. The van der Waals surface area contributed by atoms with E-state index in [-0.39, 0.29) is 38.9 Å². The molecule has 0 aliphatic carbocycles. The minimum atomic E-state index is -4.87. The van der Waals surface area contributed by atoms with E-state index in [4.69, 9.17) is 18.2 Å². The average Bonchev–Trinajstić information content (AvgIpc) is 2.77. The summed E-state index contributed by atoms with van der Waals surface area (Å²) in [6.45, 7) is 0. The normalized spacial score (nSPS) is 12.4. The Morgan fingerprint density at radius 3 is 1.05 bits per heavy atom. The third-order valence-corrected chi connectivity index (χ3v) is 8.22. The number of benzene rings is 2. The van der Waals surface area contributed by atoms with Gasteiger partial charge < -0.3 is 10.2 Å². The van der Waals surface area contributed by atoms with Crippen molar-refractivity contribution in [2.75, 3.05) is 0 Å². The number of hydrogen-bond acceptors (Lipinski definition) is 12. The maximum atomic E-state index is 11.2. The molecule has 2 aromatic carbocycles. The molecular formula is C18H14CuN2O14S4. The molecule has 2 heterocycles. The van der Waals surface area contributed by atoms with Crippen LogP contribution >= 0.6 is 0 Å². The van der Waals surface area contributed by atoms with Crippen LogP contribution in [0.25, 0.3) is 21.8 Å². The van der Waals surface area contributed by atoms with Crippen LogP contribution in [0.4, 0.5) is 0 Å². The third kappa shape index (κ3) is 6.78. The second kappa shape index (κ2) is 10.9. The van der Waals surface area contributed by atoms with Gasteiger partial charge in [0.15, 0.2) is 11.5 Å². The molecule has 4 rings (SSSR count). The van der Waals surface area contributed by atoms with Gasteiger partial charge in [-0.3, -0.25) is 28.2 Å². The van der Waals surface area contributed by atoms with E-state index in [1.54, 1.807) is 0 Å². The van der Waals surface area contributed by atoms with E-state index in [9.17, 15) is 43.9 Å². The number of aromatic hydroxyl groups is 2. The standard InChI is InChI=1S/2C9H7NO7S2.Cu/c2*11-9-7(19(15,16)17)4-6(18(12,13)14)5-2-1-3-10-8(5)9;/h2*1-4,11H,(H,12,13,14)(H,15,16,17);. The van der Waals surface area contributed by atoms with Crippen molar-refractivity contribution < 1.29 is 79.2 Å². The molecule has 0 atom stereocenters. The van der Waals surface area contributed by atoms with Gasteiger partial charge in [-0.2, -0.15) is 33.7 Å². The van der Waals surface area contributed by atoms with Crippen molar-refractivity contribution >= 4 is 62.3 Å². The molecule has 2 aromatic heterocycles. The molecular weight excluding hydrogens is 660 g/mol. The third-order valence-electron chi connectivity index (χ3n) is 4.70. The van der Waals surface area contributed by atoms with E-state index in [0.29, 0.717) is 12.1 Å². The molecule has 0 saturated heterocycles. The van der Waals surface area contributed by atoms with Gasteiger partial charge in [-0.25, -0.2) is 0 Å². The van der Waals surface area contributed by atoms with Crippen LogP contribution in [0.5, 0.6) is 11.5 Å². The molecule has 16 nitrogen and oxygen atoms in total. The van der Waals surface area contributed by atoms with Gasteiger partial charge in [0.05, 0.1) is 0 Å². The van der Waals surface area contributed by atoms with Crippen LogP contribution in [0, 0.1) is 0 Å². The smallest absolute Gasteiger partial charge is 0.298 e. The maximum absolute atomic E-state index is 11.2. The molecule has 0 fully saturated rings. The van der Waals surface area contributed by atoms with Gasteiger partial charge in [-0.15, -0.1) is 0 Å². The SMILES string of the molecule is O=S(=O)(O)c1cc(S(=O)(=O)O)c2cccnc2c1O.O=S(=O)(O)c1cc(S(=O)(=O)O)c2cccnc2c1O.[Cu]. The minimum Gasteiger partial charge on any atom is -0.504 e. The second-order valence-corrected chi connectivity index (χ2v) is 12.7. The fraction of sp³-hybridized carbons (Fsp3) is 0. The van der Waals surface area contributed by atoms with Gasteiger partial charge in [-0.1, -0.05) is 0 Å². The number of pyridine rings is 2. The molecule has 0 saturated carbocycles. The maximum Gasteiger partial charge on any atom is 0.298 e. The zero-order valence-electron chi connectivity index (χ0n) is 18.4. The van der Waals surface area contributed by atoms with Crippen molar-refractivity contribution in [2.24, 2.45) is 0 Å². The van der Waals surface area contributed by atoms with Crippen molar-refractivity contribution in [1.29, 1.82) is 0 Å². The number of phenolic OH excluding ortho intramolecular Hbond substituents is 2. The summed E-state index contributed by atoms with van der Waals surface area (Å²) < 4.78 is 125. The molecule has 0 unspecified atom stereocenters. The zero-order chi connectivity index (χ0) is 28.8. The predicted molar refractivity (Wildman–Crippen MR) is 126 cm³/mol. The predicted octanol–water partition coefficient (Wildman–Crippen LogP) is 0.865. The number of fused-ring (bicyclic) bond motifs is 2. The van der Waals surface area contributed by atoms with E-state index in [0.717, 1.165) is 0 Å². The van der Waals surface area contributed by atoms with Crippen LogP contribution in [0.2, 0.25) is 0 Å². The summed E-state index contributed by atoms with van der Waals surface area (Å²) in [6.07, 6.45) is 2.37. The number of phenols is 2. The molecule has 4 aromatic rings. The summed E-state index contributed by atoms with van der Waals surface area (Å²) in [7, 11) is -19.3. The first-order chi connectivity index (χ1) is 17.2. The Labute approximate surface area is 230 Å². The topological polar surface area (TPSA) is 284 Å². The van der Waals surface area contributed by atoms with Gasteiger partial charge in [0.1, 0.15) is 30.6 Å². The molecule has 0 aliphatic rings. The van der Waals surface area contributed by atoms with Crippen LogP contribution in [0.3, 0.4) is 0 Å². The van der Waals surface area contributed by atoms with E-state index in [1.165, 1.54) is 36.7 Å². The fourth-order valence-electron chi connectivity index (χ4n) is 3.17. The van der Waals surface area contributed by atoms with Gasteiger partial charge in [0.2, 0.25) is 0 Å². The first kappa shape index (κ1) is 32.2. The summed E-state index contributed by atoms with van der Waals surface area (Å²) >= 11 is 0. The molecule has 0 aliphatic heterocycles. The number of rotatable bonds is 4. The second-order valence-electron chi connectivity index (χ2n) is 7.14. The Hall–Kier alpha value is -2.98. The van der Waals surface area contributed by atoms with Crippen LogP contribution < -0.4 is 0 Å². The van der Waals surface area contributed by atoms with Gasteiger partial charge >= 0.3 is 0 Å². The Kier molecular flexibility index (Phi) is 9.00. The number of aromatic nitrogens is 2. The Morgan fingerprint density at radius 1 is 0.513 bits per heavy atom. The molecule has 215 valence electrons. The van der Waals surface area contributed by atoms with Crippen LogP contribution in [0.15, 0.2) is 68.4 Å². The van der Waals surface area contributed by atoms with Gasteiger partial charge in [-0.05, 0) is 36.4 Å². The Balaban J connectivity index is 0.000000267. The van der Waals surface area contributed by atoms with Crippen molar-refractivity contribution in [1.82, 2.24) is 9.97 Å². The van der Waals surface area contributed by atoms with E-state index >= 15 is 0 Å². The average molecular weight is 674 g/mol. The van der Waals surface area contributed by atoms with E-state index in [1.807, 2.05) is 0 Å². The molecule has 6 N–H and O–H groups in total. The van der Waals surface area contributed by atoms with E-state index < -0.39 is 71.6 Å². The first-order valence-corrected chi connectivity index (χ1v) is 15.1. The first-order valence-electron chi connectivity index (χ1n) is 9.36.